The van der Waals surface area contributed by atoms with Crippen molar-refractivity contribution in [3.05, 3.63) is 29.3 Å². The molecule has 4 heteroatoms. The minimum Gasteiger partial charge on any atom is -0.495 e. The first-order chi connectivity index (χ1) is 9.72. The highest BCUT2D eigenvalue weighted by atomic mass is 16.5. The maximum Gasteiger partial charge on any atom is 0.136 e. The van der Waals surface area contributed by atoms with E-state index in [1.54, 1.807) is 7.11 Å². The average molecular weight is 271 g/mol. The van der Waals surface area contributed by atoms with Crippen LogP contribution in [0.1, 0.15) is 18.1 Å². The summed E-state index contributed by atoms with van der Waals surface area (Å²) in [7, 11) is 1.62. The number of likely N-dealkylation sites (tertiary alicyclic amines) is 1. The van der Waals surface area contributed by atoms with Gasteiger partial charge in [-0.3, -0.25) is 4.90 Å². The van der Waals surface area contributed by atoms with Crippen LogP contribution in [-0.4, -0.2) is 37.7 Å². The van der Waals surface area contributed by atoms with Crippen molar-refractivity contribution in [3.63, 3.8) is 0 Å². The summed E-state index contributed by atoms with van der Waals surface area (Å²) in [5.74, 6) is 2.26. The molecule has 4 nitrogen and oxygen atoms in total. The van der Waals surface area contributed by atoms with Gasteiger partial charge in [0.25, 0.3) is 0 Å². The second kappa shape index (κ2) is 5.43. The third-order valence-corrected chi connectivity index (χ3v) is 4.83. The van der Waals surface area contributed by atoms with E-state index >= 15 is 0 Å². The van der Waals surface area contributed by atoms with Gasteiger partial charge in [0.05, 0.1) is 12.7 Å². The van der Waals surface area contributed by atoms with E-state index < -0.39 is 0 Å². The number of benzene rings is 1. The molecule has 20 heavy (non-hydrogen) atoms. The average Bonchev–Trinajstić information content (AvgIpc) is 3.03. The molecule has 2 aliphatic rings. The first kappa shape index (κ1) is 13.4. The zero-order valence-electron chi connectivity index (χ0n) is 12.1. The Labute approximate surface area is 120 Å². The van der Waals surface area contributed by atoms with Gasteiger partial charge in [0.2, 0.25) is 0 Å². The molecule has 0 aromatic heterocycles. The van der Waals surface area contributed by atoms with E-state index in [0.29, 0.717) is 17.4 Å². The maximum atomic E-state index is 9.03. The fourth-order valence-electron chi connectivity index (χ4n) is 3.63. The van der Waals surface area contributed by atoms with Crippen LogP contribution in [0.4, 0.5) is 0 Å². The van der Waals surface area contributed by atoms with Crippen LogP contribution < -0.4 is 10.1 Å². The number of hydrogen-bond donors (Lipinski definition) is 1. The fourth-order valence-corrected chi connectivity index (χ4v) is 3.63. The SMILES string of the molecule is COc1cc(CN2CC3CNCC3C2C)ccc1C#N. The molecule has 3 atom stereocenters. The summed E-state index contributed by atoms with van der Waals surface area (Å²) in [5, 5.41) is 12.5. The minimum atomic E-state index is 0.604. The maximum absolute atomic E-state index is 9.03. The van der Waals surface area contributed by atoms with Gasteiger partial charge in [-0.15, -0.1) is 0 Å². The van der Waals surface area contributed by atoms with Gasteiger partial charge in [0, 0.05) is 19.1 Å². The molecule has 2 aliphatic heterocycles. The quantitative estimate of drug-likeness (QED) is 0.907. The molecule has 1 aromatic carbocycles. The van der Waals surface area contributed by atoms with Crippen molar-refractivity contribution in [3.8, 4) is 11.8 Å². The van der Waals surface area contributed by atoms with Crippen molar-refractivity contribution in [1.82, 2.24) is 10.2 Å². The lowest BCUT2D eigenvalue weighted by Gasteiger charge is -2.24. The summed E-state index contributed by atoms with van der Waals surface area (Å²) in [6, 6.07) is 8.68. The molecular formula is C16H21N3O. The smallest absolute Gasteiger partial charge is 0.136 e. The Balaban J connectivity index is 1.74. The molecule has 0 radical (unpaired) electrons. The summed E-state index contributed by atoms with van der Waals surface area (Å²) in [6.07, 6.45) is 0. The molecule has 0 aliphatic carbocycles. The van der Waals surface area contributed by atoms with Crippen molar-refractivity contribution in [2.45, 2.75) is 19.5 Å². The normalized spacial score (nSPS) is 29.1. The Morgan fingerprint density at radius 1 is 1.45 bits per heavy atom. The standard InChI is InChI=1S/C16H21N3O/c1-11-15-8-18-7-14(15)10-19(11)9-12-3-4-13(6-17)16(5-12)20-2/h3-5,11,14-15,18H,7-10H2,1-2H3. The number of rotatable bonds is 3. The van der Waals surface area contributed by atoms with E-state index in [1.807, 2.05) is 18.2 Å². The van der Waals surface area contributed by atoms with Crippen molar-refractivity contribution < 1.29 is 4.74 Å². The Bertz CT molecular complexity index is 537. The van der Waals surface area contributed by atoms with Gasteiger partial charge in [0.15, 0.2) is 0 Å². The topological polar surface area (TPSA) is 48.3 Å². The lowest BCUT2D eigenvalue weighted by molar-refractivity contribution is 0.231. The largest absolute Gasteiger partial charge is 0.495 e. The van der Waals surface area contributed by atoms with Crippen molar-refractivity contribution in [1.29, 1.82) is 5.26 Å². The second-order valence-corrected chi connectivity index (χ2v) is 5.90. The van der Waals surface area contributed by atoms with E-state index in [1.165, 1.54) is 12.1 Å². The van der Waals surface area contributed by atoms with Crippen LogP contribution in [-0.2, 0) is 6.54 Å². The number of hydrogen-bond acceptors (Lipinski definition) is 4. The Kier molecular flexibility index (Phi) is 3.64. The number of nitriles is 1. The zero-order valence-corrected chi connectivity index (χ0v) is 12.1. The number of nitrogens with one attached hydrogen (secondary N) is 1. The molecule has 3 rings (SSSR count). The molecule has 1 N–H and O–H groups in total. The van der Waals surface area contributed by atoms with Gasteiger partial charge in [-0.1, -0.05) is 6.07 Å². The van der Waals surface area contributed by atoms with E-state index in [9.17, 15) is 0 Å². The highest BCUT2D eigenvalue weighted by Crippen LogP contribution is 2.33. The summed E-state index contributed by atoms with van der Waals surface area (Å²) < 4.78 is 5.29. The van der Waals surface area contributed by atoms with Crippen LogP contribution in [0.2, 0.25) is 0 Å². The molecule has 0 spiro atoms. The number of fused-ring (bicyclic) bond motifs is 1. The van der Waals surface area contributed by atoms with Crippen molar-refractivity contribution >= 4 is 0 Å². The van der Waals surface area contributed by atoms with Gasteiger partial charge < -0.3 is 10.1 Å². The van der Waals surface area contributed by atoms with Gasteiger partial charge in [-0.25, -0.2) is 0 Å². The Morgan fingerprint density at radius 3 is 3.00 bits per heavy atom. The molecule has 3 unspecified atom stereocenters. The van der Waals surface area contributed by atoms with Crippen LogP contribution in [0, 0.1) is 23.2 Å². The third kappa shape index (κ3) is 2.28. The Morgan fingerprint density at radius 2 is 2.30 bits per heavy atom. The summed E-state index contributed by atoms with van der Waals surface area (Å²) in [6.45, 7) is 6.75. The number of ether oxygens (including phenoxy) is 1. The molecule has 2 saturated heterocycles. The fraction of sp³-hybridized carbons (Fsp3) is 0.562. The second-order valence-electron chi connectivity index (χ2n) is 5.90. The monoisotopic (exact) mass is 271 g/mol. The lowest BCUT2D eigenvalue weighted by atomic mass is 9.95. The van der Waals surface area contributed by atoms with E-state index in [2.05, 4.69) is 23.2 Å². The third-order valence-electron chi connectivity index (χ3n) is 4.83. The van der Waals surface area contributed by atoms with E-state index in [4.69, 9.17) is 10.00 Å². The van der Waals surface area contributed by atoms with Crippen molar-refractivity contribution in [2.75, 3.05) is 26.7 Å². The molecule has 2 fully saturated rings. The molecule has 0 amide bonds. The molecule has 1 aromatic rings. The number of methoxy groups -OCH3 is 1. The van der Waals surface area contributed by atoms with Crippen LogP contribution in [0.5, 0.6) is 5.75 Å². The van der Waals surface area contributed by atoms with E-state index in [-0.39, 0.29) is 0 Å². The predicted octanol–water partition coefficient (Wildman–Crippen LogP) is 1.61. The summed E-state index contributed by atoms with van der Waals surface area (Å²) in [4.78, 5) is 2.55. The van der Waals surface area contributed by atoms with Gasteiger partial charge >= 0.3 is 0 Å². The minimum absolute atomic E-state index is 0.604. The molecule has 106 valence electrons. The molecular weight excluding hydrogens is 250 g/mol. The van der Waals surface area contributed by atoms with Gasteiger partial charge in [-0.2, -0.15) is 5.26 Å². The molecule has 0 saturated carbocycles. The zero-order chi connectivity index (χ0) is 14.1. The van der Waals surface area contributed by atoms with Gasteiger partial charge in [-0.05, 0) is 49.5 Å². The van der Waals surface area contributed by atoms with Crippen molar-refractivity contribution in [2.24, 2.45) is 11.8 Å². The lowest BCUT2D eigenvalue weighted by Crippen LogP contribution is -2.32. The number of nitrogens with zero attached hydrogens (tertiary/aromatic N) is 2. The van der Waals surface area contributed by atoms with Gasteiger partial charge in [0.1, 0.15) is 11.8 Å². The summed E-state index contributed by atoms with van der Waals surface area (Å²) >= 11 is 0. The van der Waals surface area contributed by atoms with Crippen LogP contribution in [0.3, 0.4) is 0 Å². The van der Waals surface area contributed by atoms with Crippen LogP contribution >= 0.6 is 0 Å². The highest BCUT2D eigenvalue weighted by Gasteiger charge is 2.41. The highest BCUT2D eigenvalue weighted by molar-refractivity contribution is 5.45. The van der Waals surface area contributed by atoms with Crippen LogP contribution in [0.15, 0.2) is 18.2 Å². The molecule has 0 bridgehead atoms. The first-order valence-electron chi connectivity index (χ1n) is 7.24. The summed E-state index contributed by atoms with van der Waals surface area (Å²) in [5.41, 5.74) is 1.83. The predicted molar refractivity (Wildman–Crippen MR) is 77.4 cm³/mol. The van der Waals surface area contributed by atoms with E-state index in [0.717, 1.165) is 31.5 Å². The Hall–Kier alpha value is -1.57. The molecule has 2 heterocycles. The van der Waals surface area contributed by atoms with Crippen LogP contribution in [0.25, 0.3) is 0 Å². The first-order valence-corrected chi connectivity index (χ1v) is 7.24.